The SMILES string of the molecule is c1cc(NC2CCCCC2)nc(N2CCCCC2)n1. The van der Waals surface area contributed by atoms with Crippen molar-refractivity contribution in [3.63, 3.8) is 0 Å². The van der Waals surface area contributed by atoms with E-state index in [1.54, 1.807) is 0 Å². The maximum Gasteiger partial charge on any atom is 0.227 e. The number of piperidine rings is 1. The zero-order valence-electron chi connectivity index (χ0n) is 11.6. The Morgan fingerprint density at radius 1 is 1.00 bits per heavy atom. The molecule has 1 aliphatic carbocycles. The molecule has 0 atom stereocenters. The van der Waals surface area contributed by atoms with Gasteiger partial charge in [0, 0.05) is 25.3 Å². The van der Waals surface area contributed by atoms with E-state index in [-0.39, 0.29) is 0 Å². The molecule has 4 heteroatoms. The third kappa shape index (κ3) is 3.37. The van der Waals surface area contributed by atoms with Gasteiger partial charge in [-0.15, -0.1) is 0 Å². The molecule has 0 bridgehead atoms. The lowest BCUT2D eigenvalue weighted by atomic mass is 9.95. The van der Waals surface area contributed by atoms with Crippen molar-refractivity contribution in [2.45, 2.75) is 57.4 Å². The lowest BCUT2D eigenvalue weighted by Gasteiger charge is -2.27. The smallest absolute Gasteiger partial charge is 0.227 e. The minimum Gasteiger partial charge on any atom is -0.367 e. The normalized spacial score (nSPS) is 21.4. The van der Waals surface area contributed by atoms with E-state index in [9.17, 15) is 0 Å². The molecule has 0 radical (unpaired) electrons. The van der Waals surface area contributed by atoms with E-state index in [4.69, 9.17) is 4.98 Å². The van der Waals surface area contributed by atoms with Crippen molar-refractivity contribution >= 4 is 11.8 Å². The summed E-state index contributed by atoms with van der Waals surface area (Å²) >= 11 is 0. The fourth-order valence-corrected chi connectivity index (χ4v) is 3.13. The summed E-state index contributed by atoms with van der Waals surface area (Å²) in [6, 6.07) is 2.61. The molecule has 1 saturated carbocycles. The number of nitrogens with one attached hydrogen (secondary N) is 1. The quantitative estimate of drug-likeness (QED) is 0.906. The first kappa shape index (κ1) is 12.7. The van der Waals surface area contributed by atoms with Crippen LogP contribution in [0.25, 0.3) is 0 Å². The van der Waals surface area contributed by atoms with E-state index in [2.05, 4.69) is 15.2 Å². The maximum absolute atomic E-state index is 4.69. The van der Waals surface area contributed by atoms with Crippen LogP contribution < -0.4 is 10.2 Å². The molecule has 2 aliphatic rings. The van der Waals surface area contributed by atoms with E-state index in [0.29, 0.717) is 6.04 Å². The van der Waals surface area contributed by atoms with E-state index >= 15 is 0 Å². The van der Waals surface area contributed by atoms with Crippen molar-refractivity contribution in [1.82, 2.24) is 9.97 Å². The number of rotatable bonds is 3. The monoisotopic (exact) mass is 260 g/mol. The van der Waals surface area contributed by atoms with Gasteiger partial charge in [0.1, 0.15) is 5.82 Å². The predicted molar refractivity (Wildman–Crippen MR) is 78.6 cm³/mol. The second-order valence-electron chi connectivity index (χ2n) is 5.77. The van der Waals surface area contributed by atoms with Crippen molar-refractivity contribution in [1.29, 1.82) is 0 Å². The standard InChI is InChI=1S/C15H24N4/c1-3-7-13(8-4-1)17-14-9-10-16-15(18-14)19-11-5-2-6-12-19/h9-10,13H,1-8,11-12H2,(H,16,17,18). The molecule has 4 nitrogen and oxygen atoms in total. The highest BCUT2D eigenvalue weighted by atomic mass is 15.3. The first-order valence-corrected chi connectivity index (χ1v) is 7.76. The second-order valence-corrected chi connectivity index (χ2v) is 5.77. The molecule has 19 heavy (non-hydrogen) atoms. The van der Waals surface area contributed by atoms with Crippen molar-refractivity contribution in [2.24, 2.45) is 0 Å². The van der Waals surface area contributed by atoms with Gasteiger partial charge in [-0.25, -0.2) is 4.98 Å². The molecule has 3 rings (SSSR count). The highest BCUT2D eigenvalue weighted by molar-refractivity contribution is 5.42. The Bertz CT molecular complexity index is 395. The fourth-order valence-electron chi connectivity index (χ4n) is 3.13. The molecular weight excluding hydrogens is 236 g/mol. The summed E-state index contributed by atoms with van der Waals surface area (Å²) in [7, 11) is 0. The van der Waals surface area contributed by atoms with Gasteiger partial charge in [0.25, 0.3) is 0 Å². The van der Waals surface area contributed by atoms with Crippen LogP contribution in [0.2, 0.25) is 0 Å². The summed E-state index contributed by atoms with van der Waals surface area (Å²) in [5.41, 5.74) is 0. The predicted octanol–water partition coefficient (Wildman–Crippen LogP) is 3.21. The highest BCUT2D eigenvalue weighted by Crippen LogP contribution is 2.22. The summed E-state index contributed by atoms with van der Waals surface area (Å²) < 4.78 is 0. The molecule has 0 spiro atoms. The molecule has 104 valence electrons. The number of nitrogens with zero attached hydrogens (tertiary/aromatic N) is 3. The van der Waals surface area contributed by atoms with Gasteiger partial charge >= 0.3 is 0 Å². The molecular formula is C15H24N4. The van der Waals surface area contributed by atoms with Crippen LogP contribution in [0.3, 0.4) is 0 Å². The molecule has 0 aromatic carbocycles. The van der Waals surface area contributed by atoms with Gasteiger partial charge in [-0.3, -0.25) is 0 Å². The molecule has 1 saturated heterocycles. The number of hydrogen-bond acceptors (Lipinski definition) is 4. The molecule has 1 aliphatic heterocycles. The van der Waals surface area contributed by atoms with Gasteiger partial charge in [-0.05, 0) is 38.2 Å². The van der Waals surface area contributed by atoms with Crippen molar-refractivity contribution in [3.05, 3.63) is 12.3 Å². The zero-order chi connectivity index (χ0) is 12.9. The molecule has 1 aromatic rings. The minimum absolute atomic E-state index is 0.609. The lowest BCUT2D eigenvalue weighted by Crippen LogP contribution is -2.31. The topological polar surface area (TPSA) is 41.1 Å². The third-order valence-corrected chi connectivity index (χ3v) is 4.24. The van der Waals surface area contributed by atoms with Crippen molar-refractivity contribution in [2.75, 3.05) is 23.3 Å². The highest BCUT2D eigenvalue weighted by Gasteiger charge is 2.16. The van der Waals surface area contributed by atoms with Crippen molar-refractivity contribution in [3.8, 4) is 0 Å². The largest absolute Gasteiger partial charge is 0.367 e. The minimum atomic E-state index is 0.609. The summed E-state index contributed by atoms with van der Waals surface area (Å²) in [4.78, 5) is 11.4. The first-order valence-electron chi connectivity index (χ1n) is 7.76. The van der Waals surface area contributed by atoms with E-state index in [1.807, 2.05) is 12.3 Å². The number of anilines is 2. The molecule has 2 fully saturated rings. The van der Waals surface area contributed by atoms with Crippen LogP contribution in [0.1, 0.15) is 51.4 Å². The van der Waals surface area contributed by atoms with Crippen LogP contribution in [-0.2, 0) is 0 Å². The third-order valence-electron chi connectivity index (χ3n) is 4.24. The molecule has 0 amide bonds. The van der Waals surface area contributed by atoms with Crippen molar-refractivity contribution < 1.29 is 0 Å². The summed E-state index contributed by atoms with van der Waals surface area (Å²) in [5.74, 6) is 1.91. The van der Waals surface area contributed by atoms with Crippen LogP contribution in [0.5, 0.6) is 0 Å². The van der Waals surface area contributed by atoms with E-state index in [0.717, 1.165) is 24.9 Å². The van der Waals surface area contributed by atoms with E-state index in [1.165, 1.54) is 51.4 Å². The Balaban J connectivity index is 1.64. The average molecular weight is 260 g/mol. The number of aromatic nitrogens is 2. The fraction of sp³-hybridized carbons (Fsp3) is 0.733. The van der Waals surface area contributed by atoms with Gasteiger partial charge in [-0.2, -0.15) is 4.98 Å². The molecule has 1 N–H and O–H groups in total. The summed E-state index contributed by atoms with van der Waals surface area (Å²) in [5, 5.41) is 3.58. The Morgan fingerprint density at radius 3 is 2.53 bits per heavy atom. The molecule has 0 unspecified atom stereocenters. The zero-order valence-corrected chi connectivity index (χ0v) is 11.6. The Kier molecular flexibility index (Phi) is 4.16. The van der Waals surface area contributed by atoms with E-state index < -0.39 is 0 Å². The average Bonchev–Trinajstić information content (AvgIpc) is 2.49. The second kappa shape index (κ2) is 6.22. The summed E-state index contributed by atoms with van der Waals surface area (Å²) in [6.45, 7) is 2.21. The number of hydrogen-bond donors (Lipinski definition) is 1. The summed E-state index contributed by atoms with van der Waals surface area (Å²) in [6.07, 6.45) is 12.4. The van der Waals surface area contributed by atoms with Crippen LogP contribution in [0, 0.1) is 0 Å². The molecule has 2 heterocycles. The van der Waals surface area contributed by atoms with Gasteiger partial charge in [0.15, 0.2) is 0 Å². The van der Waals surface area contributed by atoms with Crippen LogP contribution in [0.4, 0.5) is 11.8 Å². The Labute approximate surface area is 115 Å². The van der Waals surface area contributed by atoms with Gasteiger partial charge in [0.05, 0.1) is 0 Å². The Hall–Kier alpha value is -1.32. The Morgan fingerprint density at radius 2 is 1.74 bits per heavy atom. The first-order chi connectivity index (χ1) is 9.42. The van der Waals surface area contributed by atoms with Gasteiger partial charge in [-0.1, -0.05) is 19.3 Å². The van der Waals surface area contributed by atoms with Crippen LogP contribution in [-0.4, -0.2) is 29.1 Å². The van der Waals surface area contributed by atoms with Gasteiger partial charge < -0.3 is 10.2 Å². The van der Waals surface area contributed by atoms with Crippen LogP contribution >= 0.6 is 0 Å². The molecule has 1 aromatic heterocycles. The lowest BCUT2D eigenvalue weighted by molar-refractivity contribution is 0.461. The van der Waals surface area contributed by atoms with Gasteiger partial charge in [0.2, 0.25) is 5.95 Å². The van der Waals surface area contributed by atoms with Crippen LogP contribution in [0.15, 0.2) is 12.3 Å². The maximum atomic E-state index is 4.69.